The average Bonchev–Trinajstić information content (AvgIpc) is 2.47. The van der Waals surface area contributed by atoms with E-state index in [4.69, 9.17) is 0 Å². The van der Waals surface area contributed by atoms with E-state index in [0.717, 1.165) is 30.7 Å². The summed E-state index contributed by atoms with van der Waals surface area (Å²) >= 11 is 0. The van der Waals surface area contributed by atoms with Crippen LogP contribution in [0.3, 0.4) is 0 Å². The highest BCUT2D eigenvalue weighted by atomic mass is 14.9. The molecule has 0 aromatic carbocycles. The van der Waals surface area contributed by atoms with Crippen LogP contribution in [0.25, 0.3) is 0 Å². The Kier molecular flexibility index (Phi) is 6.03. The van der Waals surface area contributed by atoms with Gasteiger partial charge in [-0.25, -0.2) is 0 Å². The molecule has 1 fully saturated rings. The molecule has 1 heterocycles. The molecule has 1 aliphatic rings. The molecule has 0 spiro atoms. The minimum Gasteiger partial charge on any atom is -0.314 e. The minimum absolute atomic E-state index is 0.664. The highest BCUT2D eigenvalue weighted by Gasteiger charge is 2.29. The fourth-order valence-electron chi connectivity index (χ4n) is 3.57. The zero-order valence-corrected chi connectivity index (χ0v) is 13.3. The van der Waals surface area contributed by atoms with Crippen LogP contribution in [-0.2, 0) is 6.42 Å². The number of nitrogens with one attached hydrogen (secondary N) is 1. The molecule has 20 heavy (non-hydrogen) atoms. The molecule has 0 aliphatic heterocycles. The molecule has 0 saturated heterocycles. The average molecular weight is 274 g/mol. The van der Waals surface area contributed by atoms with Crippen LogP contribution in [0.4, 0.5) is 0 Å². The number of hydrogen-bond acceptors (Lipinski definition) is 2. The van der Waals surface area contributed by atoms with Crippen molar-refractivity contribution in [1.82, 2.24) is 10.3 Å². The van der Waals surface area contributed by atoms with Crippen LogP contribution >= 0.6 is 0 Å². The zero-order valence-electron chi connectivity index (χ0n) is 13.3. The minimum atomic E-state index is 0.664. The maximum absolute atomic E-state index is 4.46. The van der Waals surface area contributed by atoms with Crippen molar-refractivity contribution < 1.29 is 0 Å². The summed E-state index contributed by atoms with van der Waals surface area (Å²) in [6, 6.07) is 6.90. The van der Waals surface area contributed by atoms with E-state index < -0.39 is 0 Å². The van der Waals surface area contributed by atoms with Crippen LogP contribution in [0.1, 0.15) is 52.1 Å². The summed E-state index contributed by atoms with van der Waals surface area (Å²) in [6.07, 6.45) is 8.40. The lowest BCUT2D eigenvalue weighted by Crippen LogP contribution is -2.40. The SMILES string of the molecule is CCNC(CCc1ccccn1)C1CCC(C)C(C)C1. The normalized spacial score (nSPS) is 28.2. The third-order valence-corrected chi connectivity index (χ3v) is 5.11. The van der Waals surface area contributed by atoms with E-state index in [1.165, 1.54) is 31.4 Å². The standard InChI is InChI=1S/C18H30N2/c1-4-19-18(11-10-17-7-5-6-12-20-17)16-9-8-14(2)15(3)13-16/h5-7,12,14-16,18-19H,4,8-11,13H2,1-3H3. The molecule has 1 aromatic rings. The van der Waals surface area contributed by atoms with Crippen molar-refractivity contribution in [3.63, 3.8) is 0 Å². The van der Waals surface area contributed by atoms with E-state index in [-0.39, 0.29) is 0 Å². The summed E-state index contributed by atoms with van der Waals surface area (Å²) in [4.78, 5) is 4.46. The van der Waals surface area contributed by atoms with Crippen molar-refractivity contribution in [2.24, 2.45) is 17.8 Å². The van der Waals surface area contributed by atoms with Gasteiger partial charge in [-0.1, -0.05) is 33.3 Å². The molecule has 1 N–H and O–H groups in total. The predicted molar refractivity (Wildman–Crippen MR) is 85.7 cm³/mol. The largest absolute Gasteiger partial charge is 0.314 e. The number of hydrogen-bond donors (Lipinski definition) is 1. The third kappa shape index (κ3) is 4.31. The van der Waals surface area contributed by atoms with Gasteiger partial charge in [0.15, 0.2) is 0 Å². The van der Waals surface area contributed by atoms with Crippen molar-refractivity contribution in [2.75, 3.05) is 6.54 Å². The number of aryl methyl sites for hydroxylation is 1. The first kappa shape index (κ1) is 15.5. The van der Waals surface area contributed by atoms with Crippen LogP contribution in [0.2, 0.25) is 0 Å². The first-order valence-corrected chi connectivity index (χ1v) is 8.34. The first-order chi connectivity index (χ1) is 9.70. The van der Waals surface area contributed by atoms with Gasteiger partial charge < -0.3 is 5.32 Å². The van der Waals surface area contributed by atoms with Crippen LogP contribution < -0.4 is 5.32 Å². The van der Waals surface area contributed by atoms with Gasteiger partial charge in [-0.2, -0.15) is 0 Å². The molecule has 112 valence electrons. The molecule has 0 amide bonds. The van der Waals surface area contributed by atoms with E-state index in [0.29, 0.717) is 6.04 Å². The lowest BCUT2D eigenvalue weighted by molar-refractivity contribution is 0.167. The summed E-state index contributed by atoms with van der Waals surface area (Å²) in [5.74, 6) is 2.64. The van der Waals surface area contributed by atoms with E-state index >= 15 is 0 Å². The Morgan fingerprint density at radius 2 is 2.10 bits per heavy atom. The molecular weight excluding hydrogens is 244 g/mol. The van der Waals surface area contributed by atoms with Gasteiger partial charge in [-0.15, -0.1) is 0 Å². The fourth-order valence-corrected chi connectivity index (χ4v) is 3.57. The lowest BCUT2D eigenvalue weighted by Gasteiger charge is -2.37. The maximum Gasteiger partial charge on any atom is 0.0404 e. The molecule has 4 unspecified atom stereocenters. The fraction of sp³-hybridized carbons (Fsp3) is 0.722. The molecular formula is C18H30N2. The highest BCUT2D eigenvalue weighted by Crippen LogP contribution is 2.35. The smallest absolute Gasteiger partial charge is 0.0404 e. The highest BCUT2D eigenvalue weighted by molar-refractivity contribution is 5.04. The molecule has 0 radical (unpaired) electrons. The summed E-state index contributed by atoms with van der Waals surface area (Å²) < 4.78 is 0. The summed E-state index contributed by atoms with van der Waals surface area (Å²) in [7, 11) is 0. The lowest BCUT2D eigenvalue weighted by atomic mass is 9.72. The van der Waals surface area contributed by atoms with Gasteiger partial charge >= 0.3 is 0 Å². The second-order valence-corrected chi connectivity index (χ2v) is 6.55. The van der Waals surface area contributed by atoms with Crippen LogP contribution in [0.5, 0.6) is 0 Å². The predicted octanol–water partition coefficient (Wildman–Crippen LogP) is 4.06. The van der Waals surface area contributed by atoms with Crippen LogP contribution in [-0.4, -0.2) is 17.6 Å². The maximum atomic E-state index is 4.46. The second kappa shape index (κ2) is 7.78. The van der Waals surface area contributed by atoms with Crippen molar-refractivity contribution in [1.29, 1.82) is 0 Å². The number of rotatable bonds is 6. The Balaban J connectivity index is 1.89. The Bertz CT molecular complexity index is 376. The van der Waals surface area contributed by atoms with Gasteiger partial charge in [0.05, 0.1) is 0 Å². The van der Waals surface area contributed by atoms with Crippen molar-refractivity contribution in [2.45, 2.75) is 58.9 Å². The van der Waals surface area contributed by atoms with E-state index in [2.05, 4.69) is 43.2 Å². The molecule has 1 aromatic heterocycles. The van der Waals surface area contributed by atoms with E-state index in [1.807, 2.05) is 12.3 Å². The molecule has 1 saturated carbocycles. The van der Waals surface area contributed by atoms with Gasteiger partial charge in [0.25, 0.3) is 0 Å². The summed E-state index contributed by atoms with van der Waals surface area (Å²) in [5, 5.41) is 3.73. The van der Waals surface area contributed by atoms with Gasteiger partial charge in [0, 0.05) is 17.9 Å². The molecule has 1 aliphatic carbocycles. The van der Waals surface area contributed by atoms with Crippen molar-refractivity contribution in [3.8, 4) is 0 Å². The Hall–Kier alpha value is -0.890. The Labute approximate surface area is 124 Å². The number of pyridine rings is 1. The zero-order chi connectivity index (χ0) is 14.4. The number of nitrogens with zero attached hydrogens (tertiary/aromatic N) is 1. The van der Waals surface area contributed by atoms with Crippen molar-refractivity contribution in [3.05, 3.63) is 30.1 Å². The van der Waals surface area contributed by atoms with Gasteiger partial charge in [0.1, 0.15) is 0 Å². The second-order valence-electron chi connectivity index (χ2n) is 6.55. The summed E-state index contributed by atoms with van der Waals surface area (Å²) in [5.41, 5.74) is 1.23. The van der Waals surface area contributed by atoms with Gasteiger partial charge in [0.2, 0.25) is 0 Å². The third-order valence-electron chi connectivity index (χ3n) is 5.11. The Morgan fingerprint density at radius 3 is 2.75 bits per heavy atom. The molecule has 2 rings (SSSR count). The van der Waals surface area contributed by atoms with Crippen LogP contribution in [0, 0.1) is 17.8 Å². The Morgan fingerprint density at radius 1 is 1.25 bits per heavy atom. The molecule has 4 atom stereocenters. The van der Waals surface area contributed by atoms with Crippen molar-refractivity contribution >= 4 is 0 Å². The summed E-state index contributed by atoms with van der Waals surface area (Å²) in [6.45, 7) is 8.14. The van der Waals surface area contributed by atoms with E-state index in [1.54, 1.807) is 0 Å². The van der Waals surface area contributed by atoms with Crippen LogP contribution in [0.15, 0.2) is 24.4 Å². The van der Waals surface area contributed by atoms with Gasteiger partial charge in [-0.3, -0.25) is 4.98 Å². The number of aromatic nitrogens is 1. The quantitative estimate of drug-likeness (QED) is 0.846. The topological polar surface area (TPSA) is 24.9 Å². The first-order valence-electron chi connectivity index (χ1n) is 8.34. The van der Waals surface area contributed by atoms with E-state index in [9.17, 15) is 0 Å². The molecule has 2 nitrogen and oxygen atoms in total. The molecule has 0 bridgehead atoms. The van der Waals surface area contributed by atoms with Gasteiger partial charge in [-0.05, 0) is 62.1 Å². The molecule has 2 heteroatoms. The monoisotopic (exact) mass is 274 g/mol.